The number of anilines is 1. The quantitative estimate of drug-likeness (QED) is 0.941. The first-order valence-corrected chi connectivity index (χ1v) is 8.21. The second-order valence-electron chi connectivity index (χ2n) is 5.73. The average molecular weight is 293 g/mol. The van der Waals surface area contributed by atoms with Gasteiger partial charge in [-0.15, -0.1) is 0 Å². The predicted octanol–water partition coefficient (Wildman–Crippen LogP) is 2.62. The first-order chi connectivity index (χ1) is 9.65. The van der Waals surface area contributed by atoms with E-state index >= 15 is 0 Å². The molecule has 2 aromatic rings. The van der Waals surface area contributed by atoms with Gasteiger partial charge >= 0.3 is 0 Å². The fourth-order valence-electron chi connectivity index (χ4n) is 3.02. The molecule has 0 aliphatic carbocycles. The van der Waals surface area contributed by atoms with Gasteiger partial charge in [-0.25, -0.2) is 9.67 Å². The number of hydrogen-bond acceptors (Lipinski definition) is 5. The lowest BCUT2D eigenvalue weighted by molar-refractivity contribution is 0.179. The largest absolute Gasteiger partial charge is 0.361 e. The van der Waals surface area contributed by atoms with Crippen LogP contribution in [0.25, 0.3) is 10.3 Å². The molecule has 1 aliphatic heterocycles. The summed E-state index contributed by atoms with van der Waals surface area (Å²) in [5.41, 5.74) is 2.06. The summed E-state index contributed by atoms with van der Waals surface area (Å²) in [7, 11) is 4.20. The zero-order chi connectivity index (χ0) is 14.1. The smallest absolute Gasteiger partial charge is 0.185 e. The van der Waals surface area contributed by atoms with Crippen LogP contribution in [0.5, 0.6) is 0 Å². The Bertz CT molecular complexity index is 553. The summed E-state index contributed by atoms with van der Waals surface area (Å²) in [4.78, 5) is 7.13. The van der Waals surface area contributed by atoms with Gasteiger partial charge in [-0.1, -0.05) is 17.8 Å². The van der Waals surface area contributed by atoms with Gasteiger partial charge in [0.25, 0.3) is 0 Å². The van der Waals surface area contributed by atoms with Crippen LogP contribution < -0.4 is 5.32 Å². The molecule has 0 bridgehead atoms. The van der Waals surface area contributed by atoms with Crippen LogP contribution in [-0.2, 0) is 7.05 Å². The van der Waals surface area contributed by atoms with E-state index in [1.54, 1.807) is 11.3 Å². The van der Waals surface area contributed by atoms with Crippen LogP contribution in [0.1, 0.15) is 31.4 Å². The average Bonchev–Trinajstić information content (AvgIpc) is 2.95. The molecule has 5 nitrogen and oxygen atoms in total. The Hall–Kier alpha value is -1.14. The van der Waals surface area contributed by atoms with Crippen molar-refractivity contribution in [2.75, 3.05) is 25.5 Å². The Labute approximate surface area is 124 Å². The maximum absolute atomic E-state index is 4.63. The van der Waals surface area contributed by atoms with E-state index in [1.807, 2.05) is 18.7 Å². The molecule has 1 unspecified atom stereocenters. The van der Waals surface area contributed by atoms with Crippen molar-refractivity contribution < 1.29 is 0 Å². The third kappa shape index (κ3) is 2.67. The molecule has 3 rings (SSSR count). The number of rotatable bonds is 4. The molecule has 1 atom stereocenters. The maximum Gasteiger partial charge on any atom is 0.185 e. The third-order valence-electron chi connectivity index (χ3n) is 4.22. The summed E-state index contributed by atoms with van der Waals surface area (Å²) >= 11 is 1.71. The molecule has 3 heterocycles. The maximum atomic E-state index is 4.63. The lowest BCUT2D eigenvalue weighted by Crippen LogP contribution is -2.37. The summed E-state index contributed by atoms with van der Waals surface area (Å²) in [5, 5.41) is 8.89. The second-order valence-corrected chi connectivity index (χ2v) is 6.73. The van der Waals surface area contributed by atoms with Crippen LogP contribution in [0.4, 0.5) is 5.13 Å². The normalized spacial score (nSPS) is 20.6. The molecule has 0 aromatic carbocycles. The highest BCUT2D eigenvalue weighted by Gasteiger charge is 2.18. The minimum absolute atomic E-state index is 0.731. The van der Waals surface area contributed by atoms with E-state index in [4.69, 9.17) is 0 Å². The van der Waals surface area contributed by atoms with E-state index < -0.39 is 0 Å². The van der Waals surface area contributed by atoms with Crippen molar-refractivity contribution in [1.82, 2.24) is 19.7 Å². The molecular weight excluding hydrogens is 270 g/mol. The fourth-order valence-corrected chi connectivity index (χ4v) is 3.97. The van der Waals surface area contributed by atoms with Crippen molar-refractivity contribution in [2.45, 2.75) is 38.6 Å². The van der Waals surface area contributed by atoms with Crippen LogP contribution in [0, 0.1) is 6.92 Å². The molecular formula is C14H23N5S. The van der Waals surface area contributed by atoms with Gasteiger partial charge in [0.2, 0.25) is 0 Å². The van der Waals surface area contributed by atoms with E-state index in [2.05, 4.69) is 27.3 Å². The number of hydrogen-bond donors (Lipinski definition) is 1. The summed E-state index contributed by atoms with van der Waals surface area (Å²) in [6.45, 7) is 4.29. The molecule has 1 saturated heterocycles. The molecule has 1 fully saturated rings. The van der Waals surface area contributed by atoms with Crippen molar-refractivity contribution in [3.05, 3.63) is 5.69 Å². The zero-order valence-electron chi connectivity index (χ0n) is 12.5. The number of piperidine rings is 1. The van der Waals surface area contributed by atoms with E-state index in [1.165, 1.54) is 36.9 Å². The van der Waals surface area contributed by atoms with Gasteiger partial charge in [0.15, 0.2) is 10.8 Å². The van der Waals surface area contributed by atoms with Gasteiger partial charge in [-0.05, 0) is 39.8 Å². The first kappa shape index (κ1) is 13.8. The highest BCUT2D eigenvalue weighted by Crippen LogP contribution is 2.28. The lowest BCUT2D eigenvalue weighted by atomic mass is 10.0. The number of fused-ring (bicyclic) bond motifs is 1. The molecule has 20 heavy (non-hydrogen) atoms. The standard InChI is InChI=1S/C14H23N5S/c1-10-12-13(19(3)17-10)16-14(20-12)15-8-7-11-6-4-5-9-18(11)2/h11H,4-9H2,1-3H3,(H,15,16). The Morgan fingerprint density at radius 3 is 2.95 bits per heavy atom. The van der Waals surface area contributed by atoms with Gasteiger partial charge in [0.1, 0.15) is 0 Å². The predicted molar refractivity (Wildman–Crippen MR) is 84.5 cm³/mol. The second kappa shape index (κ2) is 5.69. The van der Waals surface area contributed by atoms with Crippen molar-refractivity contribution in [1.29, 1.82) is 0 Å². The molecule has 0 spiro atoms. The van der Waals surface area contributed by atoms with Gasteiger partial charge in [0, 0.05) is 19.6 Å². The Balaban J connectivity index is 1.58. The number of aromatic nitrogens is 3. The number of aryl methyl sites for hydroxylation is 2. The van der Waals surface area contributed by atoms with Crippen molar-refractivity contribution >= 4 is 26.8 Å². The first-order valence-electron chi connectivity index (χ1n) is 7.39. The molecule has 2 aromatic heterocycles. The van der Waals surface area contributed by atoms with Crippen LogP contribution >= 0.6 is 11.3 Å². The van der Waals surface area contributed by atoms with Crippen LogP contribution in [0.15, 0.2) is 0 Å². The number of thiazole rings is 1. The summed E-state index contributed by atoms with van der Waals surface area (Å²) in [6.07, 6.45) is 5.26. The lowest BCUT2D eigenvalue weighted by Gasteiger charge is -2.32. The molecule has 0 radical (unpaired) electrons. The fraction of sp³-hybridized carbons (Fsp3) is 0.714. The molecule has 0 saturated carbocycles. The molecule has 1 aliphatic rings. The van der Waals surface area contributed by atoms with Gasteiger partial charge in [-0.3, -0.25) is 0 Å². The van der Waals surface area contributed by atoms with Gasteiger partial charge in [0.05, 0.1) is 10.4 Å². The minimum atomic E-state index is 0.731. The summed E-state index contributed by atoms with van der Waals surface area (Å²) in [6, 6.07) is 0.731. The summed E-state index contributed by atoms with van der Waals surface area (Å²) in [5.74, 6) is 0. The topological polar surface area (TPSA) is 46.0 Å². The number of likely N-dealkylation sites (tertiary alicyclic amines) is 1. The Morgan fingerprint density at radius 1 is 1.35 bits per heavy atom. The van der Waals surface area contributed by atoms with Gasteiger partial charge in [-0.2, -0.15) is 5.10 Å². The number of nitrogens with zero attached hydrogens (tertiary/aromatic N) is 4. The van der Waals surface area contributed by atoms with Crippen molar-refractivity contribution in [2.24, 2.45) is 7.05 Å². The van der Waals surface area contributed by atoms with E-state index in [0.717, 1.165) is 29.1 Å². The Kier molecular flexibility index (Phi) is 3.94. The van der Waals surface area contributed by atoms with E-state index in [9.17, 15) is 0 Å². The Morgan fingerprint density at radius 2 is 2.20 bits per heavy atom. The highest BCUT2D eigenvalue weighted by molar-refractivity contribution is 7.22. The molecule has 1 N–H and O–H groups in total. The van der Waals surface area contributed by atoms with Crippen LogP contribution in [-0.4, -0.2) is 45.8 Å². The highest BCUT2D eigenvalue weighted by atomic mass is 32.1. The van der Waals surface area contributed by atoms with Crippen LogP contribution in [0.2, 0.25) is 0 Å². The molecule has 6 heteroatoms. The SMILES string of the molecule is Cc1nn(C)c2nc(NCCC3CCCCN3C)sc12. The van der Waals surface area contributed by atoms with E-state index in [-0.39, 0.29) is 0 Å². The monoisotopic (exact) mass is 293 g/mol. The molecule has 0 amide bonds. The molecule has 110 valence electrons. The zero-order valence-corrected chi connectivity index (χ0v) is 13.3. The van der Waals surface area contributed by atoms with E-state index in [0.29, 0.717) is 0 Å². The summed E-state index contributed by atoms with van der Waals surface area (Å²) < 4.78 is 3.06. The van der Waals surface area contributed by atoms with Crippen molar-refractivity contribution in [3.8, 4) is 0 Å². The number of nitrogens with one attached hydrogen (secondary N) is 1. The van der Waals surface area contributed by atoms with Crippen molar-refractivity contribution in [3.63, 3.8) is 0 Å². The van der Waals surface area contributed by atoms with Crippen LogP contribution in [0.3, 0.4) is 0 Å². The van der Waals surface area contributed by atoms with Gasteiger partial charge < -0.3 is 10.2 Å². The third-order valence-corrected chi connectivity index (χ3v) is 5.33. The minimum Gasteiger partial charge on any atom is -0.361 e.